The average molecular weight is 407 g/mol. The maximum absolute atomic E-state index is 12.8. The van der Waals surface area contributed by atoms with Crippen LogP contribution in [0.25, 0.3) is 6.08 Å². The lowest BCUT2D eigenvalue weighted by molar-refractivity contribution is 0.101. The smallest absolute Gasteiger partial charge is 0.232 e. The van der Waals surface area contributed by atoms with Crippen LogP contribution < -0.4 is 14.2 Å². The number of allylic oxidation sites excluding steroid dienone is 1. The van der Waals surface area contributed by atoms with Crippen LogP contribution in [0.15, 0.2) is 66.4 Å². The Morgan fingerprint density at radius 2 is 1.83 bits per heavy atom. The van der Waals surface area contributed by atoms with Gasteiger partial charge in [0.25, 0.3) is 0 Å². The van der Waals surface area contributed by atoms with E-state index in [9.17, 15) is 4.79 Å². The maximum atomic E-state index is 12.8. The molecule has 0 aliphatic carbocycles. The van der Waals surface area contributed by atoms with Crippen LogP contribution in [-0.2, 0) is 6.61 Å². The Balaban J connectivity index is 1.54. The Morgan fingerprint density at radius 3 is 2.55 bits per heavy atom. The Labute approximate surface area is 174 Å². The number of aryl methyl sites for hydroxylation is 1. The van der Waals surface area contributed by atoms with Gasteiger partial charge in [-0.2, -0.15) is 0 Å². The second kappa shape index (κ2) is 8.02. The summed E-state index contributed by atoms with van der Waals surface area (Å²) in [5.74, 6) is 2.09. The Hall–Kier alpha value is -3.24. The number of hydrogen-bond donors (Lipinski definition) is 0. The number of ketones is 1. The molecule has 0 saturated heterocycles. The Bertz CT molecular complexity index is 1100. The molecule has 146 valence electrons. The highest BCUT2D eigenvalue weighted by molar-refractivity contribution is 6.30. The molecular weight excluding hydrogens is 388 g/mol. The number of carbonyl (C=O) groups excluding carboxylic acids is 1. The summed E-state index contributed by atoms with van der Waals surface area (Å²) in [4.78, 5) is 12.8. The number of rotatable bonds is 5. The average Bonchev–Trinajstić information content (AvgIpc) is 3.02. The fraction of sp³-hybridized carbons (Fsp3) is 0.125. The topological polar surface area (TPSA) is 44.8 Å². The fourth-order valence-electron chi connectivity index (χ4n) is 3.20. The standard InChI is InChI=1S/C24H19ClO4/c1-15-10-20(28-14-16-6-8-19(27-2)9-7-16)13-21-23(15)24(26)22(29-21)12-17-4-3-5-18(25)11-17/h3-13H,14H2,1-2H3/b22-12-. The van der Waals surface area contributed by atoms with Gasteiger partial charge in [-0.1, -0.05) is 35.9 Å². The van der Waals surface area contributed by atoms with Gasteiger partial charge in [0, 0.05) is 11.1 Å². The summed E-state index contributed by atoms with van der Waals surface area (Å²) in [6.07, 6.45) is 1.70. The Morgan fingerprint density at radius 1 is 1.03 bits per heavy atom. The zero-order valence-corrected chi connectivity index (χ0v) is 16.8. The molecule has 4 rings (SSSR count). The molecule has 0 bridgehead atoms. The molecule has 0 unspecified atom stereocenters. The minimum absolute atomic E-state index is 0.140. The molecule has 0 N–H and O–H groups in total. The van der Waals surface area contributed by atoms with Crippen molar-refractivity contribution in [2.75, 3.05) is 7.11 Å². The van der Waals surface area contributed by atoms with Gasteiger partial charge in [-0.05, 0) is 60.0 Å². The second-order valence-corrected chi connectivity index (χ2v) is 7.18. The first-order valence-corrected chi connectivity index (χ1v) is 9.51. The third-order valence-corrected chi connectivity index (χ3v) is 4.89. The first-order valence-electron chi connectivity index (χ1n) is 9.13. The van der Waals surface area contributed by atoms with Crippen molar-refractivity contribution in [3.8, 4) is 17.2 Å². The molecule has 3 aromatic carbocycles. The monoisotopic (exact) mass is 406 g/mol. The van der Waals surface area contributed by atoms with Crippen molar-refractivity contribution >= 4 is 23.5 Å². The molecule has 0 aromatic heterocycles. The summed E-state index contributed by atoms with van der Waals surface area (Å²) in [5, 5.41) is 0.604. The van der Waals surface area contributed by atoms with Crippen molar-refractivity contribution < 1.29 is 19.0 Å². The van der Waals surface area contributed by atoms with Crippen LogP contribution in [0.3, 0.4) is 0 Å². The van der Waals surface area contributed by atoms with E-state index < -0.39 is 0 Å². The van der Waals surface area contributed by atoms with Crippen LogP contribution >= 0.6 is 11.6 Å². The van der Waals surface area contributed by atoms with Gasteiger partial charge in [0.1, 0.15) is 23.9 Å². The van der Waals surface area contributed by atoms with E-state index in [1.54, 1.807) is 31.4 Å². The van der Waals surface area contributed by atoms with E-state index in [0.717, 1.165) is 22.4 Å². The van der Waals surface area contributed by atoms with Crippen LogP contribution in [-0.4, -0.2) is 12.9 Å². The number of ether oxygens (including phenoxy) is 3. The van der Waals surface area contributed by atoms with Gasteiger partial charge >= 0.3 is 0 Å². The van der Waals surface area contributed by atoms with Crippen molar-refractivity contribution in [2.45, 2.75) is 13.5 Å². The molecule has 4 nitrogen and oxygen atoms in total. The van der Waals surface area contributed by atoms with E-state index in [4.69, 9.17) is 25.8 Å². The number of Topliss-reactive ketones (excluding diaryl/α,β-unsaturated/α-hetero) is 1. The number of carbonyl (C=O) groups is 1. The number of hydrogen-bond acceptors (Lipinski definition) is 4. The summed E-state index contributed by atoms with van der Waals surface area (Å²) in [5.41, 5.74) is 3.20. The SMILES string of the molecule is COc1ccc(COc2cc(C)c3c(c2)O/C(=C\c2cccc(Cl)c2)C3=O)cc1. The normalized spacial score (nSPS) is 13.9. The van der Waals surface area contributed by atoms with Gasteiger partial charge in [0.05, 0.1) is 12.7 Å². The predicted molar refractivity (Wildman–Crippen MR) is 113 cm³/mol. The summed E-state index contributed by atoms with van der Waals surface area (Å²) >= 11 is 6.03. The minimum Gasteiger partial charge on any atom is -0.497 e. The highest BCUT2D eigenvalue weighted by Crippen LogP contribution is 2.37. The lowest BCUT2D eigenvalue weighted by atomic mass is 10.0. The molecule has 0 atom stereocenters. The molecule has 1 aliphatic rings. The minimum atomic E-state index is -0.140. The van der Waals surface area contributed by atoms with Gasteiger partial charge < -0.3 is 14.2 Å². The van der Waals surface area contributed by atoms with Crippen molar-refractivity contribution in [3.05, 3.63) is 93.7 Å². The fourth-order valence-corrected chi connectivity index (χ4v) is 3.40. The molecule has 5 heteroatoms. The molecule has 0 fully saturated rings. The summed E-state index contributed by atoms with van der Waals surface area (Å²) in [7, 11) is 1.63. The Kier molecular flexibility index (Phi) is 5.28. The third-order valence-electron chi connectivity index (χ3n) is 4.65. The number of methoxy groups -OCH3 is 1. The molecule has 1 heterocycles. The second-order valence-electron chi connectivity index (χ2n) is 6.74. The van der Waals surface area contributed by atoms with Gasteiger partial charge in [-0.25, -0.2) is 0 Å². The first-order chi connectivity index (χ1) is 14.0. The van der Waals surface area contributed by atoms with E-state index in [-0.39, 0.29) is 11.5 Å². The molecule has 0 spiro atoms. The zero-order chi connectivity index (χ0) is 20.4. The first kappa shape index (κ1) is 19.1. The lowest BCUT2D eigenvalue weighted by Crippen LogP contribution is -2.00. The van der Waals surface area contributed by atoms with E-state index in [2.05, 4.69) is 0 Å². The number of halogens is 1. The van der Waals surface area contributed by atoms with Gasteiger partial charge in [0.2, 0.25) is 5.78 Å². The quantitative estimate of drug-likeness (QED) is 0.498. The van der Waals surface area contributed by atoms with Crippen LogP contribution in [0.4, 0.5) is 0 Å². The van der Waals surface area contributed by atoms with Gasteiger partial charge in [-0.15, -0.1) is 0 Å². The van der Waals surface area contributed by atoms with Gasteiger partial charge in [0.15, 0.2) is 5.76 Å². The van der Waals surface area contributed by atoms with Crippen LogP contribution in [0, 0.1) is 6.92 Å². The van der Waals surface area contributed by atoms with Crippen molar-refractivity contribution in [2.24, 2.45) is 0 Å². The molecule has 3 aromatic rings. The van der Waals surface area contributed by atoms with E-state index in [1.807, 2.05) is 49.4 Å². The van der Waals surface area contributed by atoms with Crippen molar-refractivity contribution in [3.63, 3.8) is 0 Å². The maximum Gasteiger partial charge on any atom is 0.232 e. The number of fused-ring (bicyclic) bond motifs is 1. The van der Waals surface area contributed by atoms with E-state index in [1.165, 1.54) is 0 Å². The molecule has 0 amide bonds. The van der Waals surface area contributed by atoms with Crippen LogP contribution in [0.1, 0.15) is 27.0 Å². The third kappa shape index (κ3) is 4.13. The zero-order valence-electron chi connectivity index (χ0n) is 16.1. The largest absolute Gasteiger partial charge is 0.497 e. The lowest BCUT2D eigenvalue weighted by Gasteiger charge is -2.09. The molecule has 29 heavy (non-hydrogen) atoms. The number of benzene rings is 3. The molecule has 0 radical (unpaired) electrons. The van der Waals surface area contributed by atoms with E-state index in [0.29, 0.717) is 28.7 Å². The molecule has 1 aliphatic heterocycles. The highest BCUT2D eigenvalue weighted by Gasteiger charge is 2.30. The molecular formula is C24H19ClO4. The summed E-state index contributed by atoms with van der Waals surface area (Å²) in [6, 6.07) is 18.6. The van der Waals surface area contributed by atoms with Gasteiger partial charge in [-0.3, -0.25) is 4.79 Å². The summed E-state index contributed by atoms with van der Waals surface area (Å²) < 4.78 is 16.9. The van der Waals surface area contributed by atoms with Crippen LogP contribution in [0.5, 0.6) is 17.2 Å². The highest BCUT2D eigenvalue weighted by atomic mass is 35.5. The van der Waals surface area contributed by atoms with Crippen LogP contribution in [0.2, 0.25) is 5.02 Å². The van der Waals surface area contributed by atoms with Crippen molar-refractivity contribution in [1.82, 2.24) is 0 Å². The molecule has 0 saturated carbocycles. The summed E-state index contributed by atoms with van der Waals surface area (Å²) in [6.45, 7) is 2.28. The van der Waals surface area contributed by atoms with Crippen molar-refractivity contribution in [1.29, 1.82) is 0 Å². The van der Waals surface area contributed by atoms with E-state index >= 15 is 0 Å². The predicted octanol–water partition coefficient (Wildman–Crippen LogP) is 5.85.